The highest BCUT2D eigenvalue weighted by molar-refractivity contribution is 5.80. The third kappa shape index (κ3) is 4.97. The Morgan fingerprint density at radius 1 is 1.32 bits per heavy atom. The van der Waals surface area contributed by atoms with E-state index in [1.165, 1.54) is 11.6 Å². The number of hydrogen-bond acceptors (Lipinski definition) is 4. The van der Waals surface area contributed by atoms with E-state index in [4.69, 9.17) is 0 Å². The molecule has 1 fully saturated rings. The van der Waals surface area contributed by atoms with E-state index in [1.54, 1.807) is 25.5 Å². The first-order chi connectivity index (χ1) is 13.6. The van der Waals surface area contributed by atoms with Crippen LogP contribution < -0.4 is 15.5 Å². The van der Waals surface area contributed by atoms with Crippen LogP contribution in [0.3, 0.4) is 0 Å². The number of nitrogens with one attached hydrogen (secondary N) is 2. The van der Waals surface area contributed by atoms with Crippen molar-refractivity contribution in [2.75, 3.05) is 31.6 Å². The molecule has 0 saturated carbocycles. The summed E-state index contributed by atoms with van der Waals surface area (Å²) >= 11 is 0. The minimum Gasteiger partial charge on any atom is -0.356 e. The summed E-state index contributed by atoms with van der Waals surface area (Å²) in [6, 6.07) is 7.36. The van der Waals surface area contributed by atoms with Crippen LogP contribution in [-0.2, 0) is 0 Å². The summed E-state index contributed by atoms with van der Waals surface area (Å²) in [6.45, 7) is 6.67. The van der Waals surface area contributed by atoms with Gasteiger partial charge >= 0.3 is 0 Å². The van der Waals surface area contributed by atoms with Crippen LogP contribution in [0.15, 0.2) is 47.8 Å². The highest BCUT2D eigenvalue weighted by atomic mass is 19.1. The van der Waals surface area contributed by atoms with Gasteiger partial charge in [0.25, 0.3) is 0 Å². The van der Waals surface area contributed by atoms with Crippen LogP contribution in [-0.4, -0.2) is 48.7 Å². The van der Waals surface area contributed by atoms with Crippen molar-refractivity contribution in [3.05, 3.63) is 54.2 Å². The molecule has 2 N–H and O–H groups in total. The Morgan fingerprint density at radius 2 is 2.14 bits per heavy atom. The number of rotatable bonds is 6. The molecule has 2 aromatic heterocycles. The average molecular weight is 385 g/mol. The molecule has 7 heteroatoms. The summed E-state index contributed by atoms with van der Waals surface area (Å²) in [5, 5.41) is 6.91. The Hall–Kier alpha value is -2.70. The molecule has 3 heterocycles. The second-order valence-corrected chi connectivity index (χ2v) is 7.47. The van der Waals surface area contributed by atoms with Gasteiger partial charge < -0.3 is 15.5 Å². The Bertz CT molecular complexity index is 779. The van der Waals surface area contributed by atoms with Crippen molar-refractivity contribution in [1.82, 2.24) is 20.6 Å². The fraction of sp³-hybridized carbons (Fsp3) is 0.476. The summed E-state index contributed by atoms with van der Waals surface area (Å²) in [7, 11) is 1.77. The first-order valence-corrected chi connectivity index (χ1v) is 9.81. The Balaban J connectivity index is 1.56. The van der Waals surface area contributed by atoms with Crippen molar-refractivity contribution >= 4 is 11.8 Å². The molecule has 2 unspecified atom stereocenters. The molecule has 6 nitrogen and oxygen atoms in total. The van der Waals surface area contributed by atoms with Crippen LogP contribution in [0.4, 0.5) is 10.2 Å². The van der Waals surface area contributed by atoms with Crippen molar-refractivity contribution in [2.24, 2.45) is 10.9 Å². The lowest BCUT2D eigenvalue weighted by molar-refractivity contribution is 0.485. The number of aromatic nitrogens is 2. The zero-order chi connectivity index (χ0) is 19.9. The van der Waals surface area contributed by atoms with Gasteiger partial charge in [-0.05, 0) is 36.1 Å². The first kappa shape index (κ1) is 20.0. The highest BCUT2D eigenvalue weighted by Gasteiger charge is 2.26. The number of guanidine groups is 1. The Labute approximate surface area is 166 Å². The van der Waals surface area contributed by atoms with Gasteiger partial charge in [0.05, 0.1) is 0 Å². The second-order valence-electron chi connectivity index (χ2n) is 7.47. The minimum atomic E-state index is -0.276. The van der Waals surface area contributed by atoms with Crippen molar-refractivity contribution in [3.63, 3.8) is 0 Å². The number of nitrogens with zero attached hydrogens (tertiary/aromatic N) is 4. The maximum Gasteiger partial charge on any atom is 0.191 e. The fourth-order valence-electron chi connectivity index (χ4n) is 3.61. The maximum absolute atomic E-state index is 14.0. The molecule has 28 heavy (non-hydrogen) atoms. The lowest BCUT2D eigenvalue weighted by Crippen LogP contribution is -2.46. The van der Waals surface area contributed by atoms with E-state index in [0.29, 0.717) is 24.2 Å². The summed E-state index contributed by atoms with van der Waals surface area (Å²) in [5.74, 6) is 1.73. The molecule has 0 aromatic carbocycles. The van der Waals surface area contributed by atoms with Gasteiger partial charge in [0.1, 0.15) is 0 Å². The van der Waals surface area contributed by atoms with Crippen molar-refractivity contribution in [1.29, 1.82) is 0 Å². The molecule has 150 valence electrons. The third-order valence-electron chi connectivity index (χ3n) is 5.20. The summed E-state index contributed by atoms with van der Waals surface area (Å²) < 4.78 is 14.0. The molecule has 0 spiro atoms. The molecule has 2 atom stereocenters. The zero-order valence-electron chi connectivity index (χ0n) is 16.8. The average Bonchev–Trinajstić information content (AvgIpc) is 3.16. The third-order valence-corrected chi connectivity index (χ3v) is 5.20. The van der Waals surface area contributed by atoms with Crippen LogP contribution in [0.25, 0.3) is 0 Å². The standard InChI is InChI=1S/C21H29FN6/c1-15(2)18(16-6-4-9-24-12-16)13-26-21(23-3)27-17-8-11-28(14-17)20-19(22)7-5-10-25-20/h4-7,9-10,12,15,17-18H,8,11,13-14H2,1-3H3,(H2,23,26,27). The predicted molar refractivity (Wildman–Crippen MR) is 111 cm³/mol. The first-order valence-electron chi connectivity index (χ1n) is 9.81. The van der Waals surface area contributed by atoms with Crippen LogP contribution in [0, 0.1) is 11.7 Å². The van der Waals surface area contributed by atoms with Gasteiger partial charge in [-0.25, -0.2) is 9.37 Å². The molecule has 0 aliphatic carbocycles. The van der Waals surface area contributed by atoms with Gasteiger partial charge in [0, 0.05) is 57.2 Å². The quantitative estimate of drug-likeness (QED) is 0.592. The SMILES string of the molecule is CN=C(NCC(c1cccnc1)C(C)C)NC1CCN(c2ncccc2F)C1. The van der Waals surface area contributed by atoms with Crippen LogP contribution in [0.2, 0.25) is 0 Å². The van der Waals surface area contributed by atoms with Crippen LogP contribution in [0.5, 0.6) is 0 Å². The smallest absolute Gasteiger partial charge is 0.191 e. The van der Waals surface area contributed by atoms with E-state index in [2.05, 4.69) is 45.5 Å². The van der Waals surface area contributed by atoms with Gasteiger partial charge in [-0.3, -0.25) is 9.98 Å². The van der Waals surface area contributed by atoms with Crippen molar-refractivity contribution < 1.29 is 4.39 Å². The number of halogens is 1. The number of aliphatic imine (C=N–C) groups is 1. The summed E-state index contributed by atoms with van der Waals surface area (Å²) in [5.41, 5.74) is 1.22. The maximum atomic E-state index is 14.0. The molecular weight excluding hydrogens is 355 g/mol. The van der Waals surface area contributed by atoms with Gasteiger partial charge in [-0.15, -0.1) is 0 Å². The van der Waals surface area contributed by atoms with Crippen molar-refractivity contribution in [3.8, 4) is 0 Å². The van der Waals surface area contributed by atoms with Gasteiger partial charge in [-0.1, -0.05) is 19.9 Å². The minimum absolute atomic E-state index is 0.198. The highest BCUT2D eigenvalue weighted by Crippen LogP contribution is 2.23. The molecule has 3 rings (SSSR count). The van der Waals surface area contributed by atoms with E-state index in [1.807, 2.05) is 17.2 Å². The molecule has 0 bridgehead atoms. The van der Waals surface area contributed by atoms with E-state index in [-0.39, 0.29) is 11.9 Å². The van der Waals surface area contributed by atoms with E-state index in [9.17, 15) is 4.39 Å². The fourth-order valence-corrected chi connectivity index (χ4v) is 3.61. The zero-order valence-corrected chi connectivity index (χ0v) is 16.8. The summed E-state index contributed by atoms with van der Waals surface area (Å²) in [6.07, 6.45) is 6.26. The van der Waals surface area contributed by atoms with E-state index < -0.39 is 0 Å². The summed E-state index contributed by atoms with van der Waals surface area (Å²) in [4.78, 5) is 14.8. The largest absolute Gasteiger partial charge is 0.356 e. The molecule has 1 aliphatic rings. The van der Waals surface area contributed by atoms with Gasteiger partial charge in [0.2, 0.25) is 0 Å². The normalized spacial score (nSPS) is 18.4. The predicted octanol–water partition coefficient (Wildman–Crippen LogP) is 2.80. The van der Waals surface area contributed by atoms with E-state index >= 15 is 0 Å². The Morgan fingerprint density at radius 3 is 2.82 bits per heavy atom. The lowest BCUT2D eigenvalue weighted by Gasteiger charge is -2.24. The van der Waals surface area contributed by atoms with Gasteiger partial charge in [-0.2, -0.15) is 0 Å². The second kappa shape index (κ2) is 9.48. The molecule has 2 aromatic rings. The molecule has 0 amide bonds. The van der Waals surface area contributed by atoms with E-state index in [0.717, 1.165) is 25.5 Å². The van der Waals surface area contributed by atoms with Crippen LogP contribution in [0.1, 0.15) is 31.7 Å². The molecule has 1 aliphatic heterocycles. The number of anilines is 1. The van der Waals surface area contributed by atoms with Crippen molar-refractivity contribution in [2.45, 2.75) is 32.2 Å². The number of hydrogen-bond donors (Lipinski definition) is 2. The Kier molecular flexibility index (Phi) is 6.79. The topological polar surface area (TPSA) is 65.4 Å². The molecule has 1 saturated heterocycles. The lowest BCUT2D eigenvalue weighted by atomic mass is 9.89. The molecular formula is C21H29FN6. The number of pyridine rings is 2. The van der Waals surface area contributed by atoms with Gasteiger partial charge in [0.15, 0.2) is 17.6 Å². The monoisotopic (exact) mass is 384 g/mol. The molecule has 0 radical (unpaired) electrons. The van der Waals surface area contributed by atoms with Crippen LogP contribution >= 0.6 is 0 Å².